The van der Waals surface area contributed by atoms with Crippen molar-refractivity contribution in [1.29, 1.82) is 0 Å². The fourth-order valence-corrected chi connectivity index (χ4v) is 2.55. The Morgan fingerprint density at radius 2 is 2.30 bits per heavy atom. The predicted molar refractivity (Wildman–Crippen MR) is 82.1 cm³/mol. The molecule has 0 aliphatic carbocycles. The molecule has 0 atom stereocenters. The highest BCUT2D eigenvalue weighted by molar-refractivity contribution is 7.22. The highest BCUT2D eigenvalue weighted by atomic mass is 32.1. The molecule has 3 N–H and O–H groups in total. The number of amides is 1. The first-order chi connectivity index (χ1) is 9.56. The second kappa shape index (κ2) is 6.67. The molecule has 2 aromatic rings. The molecule has 5 nitrogen and oxygen atoms in total. The molecule has 0 unspecified atom stereocenters. The van der Waals surface area contributed by atoms with Crippen LogP contribution >= 0.6 is 11.3 Å². The molecule has 6 heteroatoms. The summed E-state index contributed by atoms with van der Waals surface area (Å²) in [6.45, 7) is 5.25. The van der Waals surface area contributed by atoms with E-state index in [1.165, 1.54) is 11.3 Å². The molecule has 0 saturated heterocycles. The van der Waals surface area contributed by atoms with Crippen molar-refractivity contribution in [1.82, 2.24) is 10.3 Å². The number of thiazole rings is 1. The molecular weight excluding hydrogens is 274 g/mol. The highest BCUT2D eigenvalue weighted by Crippen LogP contribution is 2.24. The average Bonchev–Trinajstić information content (AvgIpc) is 2.76. The predicted octanol–water partition coefficient (Wildman–Crippen LogP) is 2.42. The smallest absolute Gasteiger partial charge is 0.251 e. The zero-order valence-corrected chi connectivity index (χ0v) is 12.5. The Morgan fingerprint density at radius 1 is 1.50 bits per heavy atom. The third kappa shape index (κ3) is 3.91. The number of carbonyl (C=O) groups is 1. The van der Waals surface area contributed by atoms with E-state index < -0.39 is 0 Å². The zero-order chi connectivity index (χ0) is 14.5. The third-order valence-corrected chi connectivity index (χ3v) is 3.57. The van der Waals surface area contributed by atoms with E-state index >= 15 is 0 Å². The van der Waals surface area contributed by atoms with E-state index in [0.29, 0.717) is 23.8 Å². The summed E-state index contributed by atoms with van der Waals surface area (Å²) in [4.78, 5) is 16.2. The Labute approximate surface area is 122 Å². The van der Waals surface area contributed by atoms with Gasteiger partial charge in [0.2, 0.25) is 0 Å². The first kappa shape index (κ1) is 14.7. The molecule has 0 radical (unpaired) electrons. The molecule has 0 bridgehead atoms. The lowest BCUT2D eigenvalue weighted by Gasteiger charge is -2.08. The van der Waals surface area contributed by atoms with Crippen LogP contribution in [0.4, 0.5) is 5.13 Å². The third-order valence-electron chi connectivity index (χ3n) is 2.73. The van der Waals surface area contributed by atoms with Gasteiger partial charge in [0.1, 0.15) is 0 Å². The van der Waals surface area contributed by atoms with Crippen molar-refractivity contribution in [3.05, 3.63) is 23.8 Å². The minimum atomic E-state index is -0.0802. The molecule has 0 aliphatic heterocycles. The van der Waals surface area contributed by atoms with Crippen molar-refractivity contribution in [3.8, 4) is 0 Å². The van der Waals surface area contributed by atoms with Gasteiger partial charge >= 0.3 is 0 Å². The maximum atomic E-state index is 12.0. The number of fused-ring (bicyclic) bond motifs is 1. The molecule has 0 fully saturated rings. The number of nitrogens with one attached hydrogen (secondary N) is 1. The first-order valence-electron chi connectivity index (χ1n) is 6.62. The number of ether oxygens (including phenoxy) is 1. The maximum Gasteiger partial charge on any atom is 0.251 e. The van der Waals surface area contributed by atoms with Crippen LogP contribution in [-0.4, -0.2) is 30.1 Å². The van der Waals surface area contributed by atoms with E-state index in [-0.39, 0.29) is 12.0 Å². The van der Waals surface area contributed by atoms with E-state index in [0.717, 1.165) is 16.6 Å². The molecule has 2 rings (SSSR count). The van der Waals surface area contributed by atoms with Gasteiger partial charge in [0, 0.05) is 18.7 Å². The lowest BCUT2D eigenvalue weighted by molar-refractivity contribution is 0.0757. The summed E-state index contributed by atoms with van der Waals surface area (Å²) in [5, 5.41) is 3.40. The van der Waals surface area contributed by atoms with Crippen molar-refractivity contribution >= 4 is 32.6 Å². The lowest BCUT2D eigenvalue weighted by atomic mass is 10.2. The molecule has 1 aromatic carbocycles. The number of benzene rings is 1. The summed E-state index contributed by atoms with van der Waals surface area (Å²) in [5.74, 6) is -0.0802. The molecular formula is C14H19N3O2S. The van der Waals surface area contributed by atoms with Gasteiger partial charge in [-0.1, -0.05) is 11.3 Å². The molecule has 1 amide bonds. The van der Waals surface area contributed by atoms with Crippen molar-refractivity contribution in [2.45, 2.75) is 26.4 Å². The first-order valence-corrected chi connectivity index (χ1v) is 7.44. The van der Waals surface area contributed by atoms with Crippen LogP contribution < -0.4 is 11.1 Å². The Morgan fingerprint density at radius 3 is 3.05 bits per heavy atom. The summed E-state index contributed by atoms with van der Waals surface area (Å²) in [6, 6.07) is 5.41. The summed E-state index contributed by atoms with van der Waals surface area (Å²) in [5.41, 5.74) is 7.11. The van der Waals surface area contributed by atoms with E-state index in [2.05, 4.69) is 10.3 Å². The van der Waals surface area contributed by atoms with Crippen molar-refractivity contribution in [2.75, 3.05) is 18.9 Å². The van der Waals surface area contributed by atoms with Crippen LogP contribution in [0.1, 0.15) is 30.6 Å². The maximum absolute atomic E-state index is 12.0. The fourth-order valence-electron chi connectivity index (χ4n) is 1.78. The number of nitrogens with two attached hydrogens (primary N) is 1. The summed E-state index contributed by atoms with van der Waals surface area (Å²) >= 11 is 1.39. The van der Waals surface area contributed by atoms with Gasteiger partial charge in [0.15, 0.2) is 5.13 Å². The number of carbonyl (C=O) groups excluding carboxylic acids is 1. The van der Waals surface area contributed by atoms with E-state index in [1.54, 1.807) is 6.07 Å². The summed E-state index contributed by atoms with van der Waals surface area (Å²) in [6.07, 6.45) is 1.03. The van der Waals surface area contributed by atoms with Crippen LogP contribution in [0.5, 0.6) is 0 Å². The van der Waals surface area contributed by atoms with Crippen LogP contribution in [0.2, 0.25) is 0 Å². The molecule has 1 heterocycles. The summed E-state index contributed by atoms with van der Waals surface area (Å²) in [7, 11) is 0. The monoisotopic (exact) mass is 293 g/mol. The fraction of sp³-hybridized carbons (Fsp3) is 0.429. The second-order valence-electron chi connectivity index (χ2n) is 4.76. The number of hydrogen-bond donors (Lipinski definition) is 2. The van der Waals surface area contributed by atoms with Gasteiger partial charge in [-0.15, -0.1) is 0 Å². The Bertz CT molecular complexity index is 595. The lowest BCUT2D eigenvalue weighted by Crippen LogP contribution is -2.25. The number of hydrogen-bond acceptors (Lipinski definition) is 5. The van der Waals surface area contributed by atoms with Gasteiger partial charge in [-0.3, -0.25) is 4.79 Å². The van der Waals surface area contributed by atoms with Gasteiger partial charge in [0.05, 0.1) is 16.3 Å². The molecule has 0 aliphatic rings. The number of aromatic nitrogens is 1. The number of nitrogen functional groups attached to an aromatic ring is 1. The molecule has 0 saturated carbocycles. The van der Waals surface area contributed by atoms with Gasteiger partial charge in [-0.25, -0.2) is 4.98 Å². The quantitative estimate of drug-likeness (QED) is 0.802. The van der Waals surface area contributed by atoms with E-state index in [9.17, 15) is 4.79 Å². The van der Waals surface area contributed by atoms with E-state index in [4.69, 9.17) is 10.5 Å². The van der Waals surface area contributed by atoms with Crippen LogP contribution in [0.15, 0.2) is 18.2 Å². The molecule has 1 aromatic heterocycles. The largest absolute Gasteiger partial charge is 0.379 e. The zero-order valence-electron chi connectivity index (χ0n) is 11.7. The standard InChI is InChI=1S/C14H19N3O2S/c1-9(2)19-7-3-6-16-13(18)10-4-5-11-12(8-10)20-14(15)17-11/h4-5,8-9H,3,6-7H2,1-2H3,(H2,15,17)(H,16,18). The Kier molecular flexibility index (Phi) is 4.92. The van der Waals surface area contributed by atoms with Gasteiger partial charge in [-0.05, 0) is 38.5 Å². The Balaban J connectivity index is 1.87. The van der Waals surface area contributed by atoms with E-state index in [1.807, 2.05) is 26.0 Å². The van der Waals surface area contributed by atoms with Crippen LogP contribution in [0.25, 0.3) is 10.2 Å². The van der Waals surface area contributed by atoms with Gasteiger partial charge < -0.3 is 15.8 Å². The van der Waals surface area contributed by atoms with Crippen LogP contribution in [0, 0.1) is 0 Å². The highest BCUT2D eigenvalue weighted by Gasteiger charge is 2.08. The average molecular weight is 293 g/mol. The number of nitrogens with zero attached hydrogens (tertiary/aromatic N) is 1. The molecule has 0 spiro atoms. The molecule has 20 heavy (non-hydrogen) atoms. The number of anilines is 1. The van der Waals surface area contributed by atoms with Gasteiger partial charge in [0.25, 0.3) is 5.91 Å². The van der Waals surface area contributed by atoms with Crippen molar-refractivity contribution in [3.63, 3.8) is 0 Å². The van der Waals surface area contributed by atoms with Crippen LogP contribution in [0.3, 0.4) is 0 Å². The SMILES string of the molecule is CC(C)OCCCNC(=O)c1ccc2nc(N)sc2c1. The van der Waals surface area contributed by atoms with Crippen molar-refractivity contribution < 1.29 is 9.53 Å². The second-order valence-corrected chi connectivity index (χ2v) is 5.83. The normalized spacial score (nSPS) is 11.2. The summed E-state index contributed by atoms with van der Waals surface area (Å²) < 4.78 is 6.35. The Hall–Kier alpha value is -1.66. The topological polar surface area (TPSA) is 77.2 Å². The molecule has 108 valence electrons. The minimum Gasteiger partial charge on any atom is -0.379 e. The number of rotatable bonds is 6. The van der Waals surface area contributed by atoms with Gasteiger partial charge in [-0.2, -0.15) is 0 Å². The minimum absolute atomic E-state index is 0.0802. The van der Waals surface area contributed by atoms with Crippen LogP contribution in [-0.2, 0) is 4.74 Å². The van der Waals surface area contributed by atoms with Crippen molar-refractivity contribution in [2.24, 2.45) is 0 Å².